The van der Waals surface area contributed by atoms with Crippen molar-refractivity contribution in [3.05, 3.63) is 53.3 Å². The highest BCUT2D eigenvalue weighted by Gasteiger charge is 2.24. The van der Waals surface area contributed by atoms with E-state index in [1.165, 1.54) is 64.7 Å². The Hall–Kier alpha value is -2.65. The molecule has 0 unspecified atom stereocenters. The molecule has 0 saturated carbocycles. The normalized spacial score (nSPS) is 11.3. The van der Waals surface area contributed by atoms with Gasteiger partial charge in [0.2, 0.25) is 10.0 Å². The Morgan fingerprint density at radius 1 is 1.04 bits per heavy atom. The van der Waals surface area contributed by atoms with E-state index in [2.05, 4.69) is 0 Å². The first-order valence-electron chi connectivity index (χ1n) is 7.80. The number of hydrogen-bond acceptors (Lipinski definition) is 6. The number of carbonyl (C=O) groups excluding carboxylic acids is 1. The van der Waals surface area contributed by atoms with Crippen molar-refractivity contribution in [1.29, 1.82) is 0 Å². The Labute approximate surface area is 157 Å². The number of esters is 1. The minimum absolute atomic E-state index is 0.0200. The van der Waals surface area contributed by atoms with Gasteiger partial charge >= 0.3 is 5.97 Å². The molecule has 0 atom stereocenters. The highest BCUT2D eigenvalue weighted by molar-refractivity contribution is 7.89. The maximum Gasteiger partial charge on any atom is 0.338 e. The van der Waals surface area contributed by atoms with Crippen LogP contribution in [0.5, 0.6) is 11.5 Å². The van der Waals surface area contributed by atoms with E-state index < -0.39 is 21.8 Å². The number of sulfonamides is 1. The largest absolute Gasteiger partial charge is 0.496 e. The molecule has 0 saturated heterocycles. The Morgan fingerprint density at radius 3 is 2.26 bits per heavy atom. The van der Waals surface area contributed by atoms with Gasteiger partial charge in [-0.1, -0.05) is 0 Å². The van der Waals surface area contributed by atoms with Gasteiger partial charge in [-0.05, 0) is 36.4 Å². The topological polar surface area (TPSA) is 82.1 Å². The van der Waals surface area contributed by atoms with E-state index in [1.807, 2.05) is 0 Å². The molecule has 0 heterocycles. The van der Waals surface area contributed by atoms with Crippen LogP contribution in [-0.4, -0.2) is 47.0 Å². The summed E-state index contributed by atoms with van der Waals surface area (Å²) in [5.74, 6) is -0.785. The number of methoxy groups -OCH3 is 2. The quantitative estimate of drug-likeness (QED) is 0.668. The Morgan fingerprint density at radius 2 is 1.67 bits per heavy atom. The maximum absolute atomic E-state index is 13.4. The van der Waals surface area contributed by atoms with Crippen molar-refractivity contribution >= 4 is 16.0 Å². The van der Waals surface area contributed by atoms with E-state index in [4.69, 9.17) is 14.2 Å². The summed E-state index contributed by atoms with van der Waals surface area (Å²) < 4.78 is 54.6. The first kappa shape index (κ1) is 20.7. The second-order valence-electron chi connectivity index (χ2n) is 5.69. The molecule has 0 spiro atoms. The van der Waals surface area contributed by atoms with Crippen LogP contribution in [0, 0.1) is 5.82 Å². The minimum atomic E-state index is -3.83. The van der Waals surface area contributed by atoms with Crippen molar-refractivity contribution in [1.82, 2.24) is 4.31 Å². The van der Waals surface area contributed by atoms with Crippen molar-refractivity contribution in [3.8, 4) is 11.5 Å². The molecule has 146 valence electrons. The molecule has 0 aliphatic heterocycles. The third-order valence-corrected chi connectivity index (χ3v) is 5.60. The molecule has 27 heavy (non-hydrogen) atoms. The van der Waals surface area contributed by atoms with E-state index in [1.54, 1.807) is 0 Å². The molecule has 2 rings (SSSR count). The minimum Gasteiger partial charge on any atom is -0.496 e. The third kappa shape index (κ3) is 4.55. The Kier molecular flexibility index (Phi) is 6.40. The smallest absolute Gasteiger partial charge is 0.338 e. The van der Waals surface area contributed by atoms with Gasteiger partial charge < -0.3 is 14.2 Å². The summed E-state index contributed by atoms with van der Waals surface area (Å²) in [6.07, 6.45) is 0. The average molecular weight is 397 g/mol. The van der Waals surface area contributed by atoms with Crippen molar-refractivity contribution < 1.29 is 31.8 Å². The van der Waals surface area contributed by atoms with E-state index in [0.29, 0.717) is 11.3 Å². The van der Waals surface area contributed by atoms with Gasteiger partial charge in [-0.3, -0.25) is 0 Å². The van der Waals surface area contributed by atoms with Crippen molar-refractivity contribution in [3.63, 3.8) is 0 Å². The van der Waals surface area contributed by atoms with Gasteiger partial charge in [0.25, 0.3) is 0 Å². The third-order valence-electron chi connectivity index (χ3n) is 3.76. The SMILES string of the molecule is COc1ccc(F)cc1COC(=O)c1ccc(OC)c(S(=O)(=O)N(C)C)c1. The summed E-state index contributed by atoms with van der Waals surface area (Å²) in [5.41, 5.74) is 0.368. The van der Waals surface area contributed by atoms with Gasteiger partial charge in [-0.2, -0.15) is 0 Å². The lowest BCUT2D eigenvalue weighted by Gasteiger charge is -2.15. The lowest BCUT2D eigenvalue weighted by Crippen LogP contribution is -2.23. The molecule has 0 aromatic heterocycles. The summed E-state index contributed by atoms with van der Waals surface area (Å²) in [7, 11) is 1.66. The highest BCUT2D eigenvalue weighted by atomic mass is 32.2. The fourth-order valence-corrected chi connectivity index (χ4v) is 3.36. The molecular weight excluding hydrogens is 377 g/mol. The van der Waals surface area contributed by atoms with E-state index in [-0.39, 0.29) is 22.8 Å². The molecular formula is C18H20FNO6S. The van der Waals surface area contributed by atoms with Crippen LogP contribution in [0.25, 0.3) is 0 Å². The average Bonchev–Trinajstić information content (AvgIpc) is 2.65. The summed E-state index contributed by atoms with van der Waals surface area (Å²) in [6, 6.07) is 7.79. The van der Waals surface area contributed by atoms with E-state index in [0.717, 1.165) is 4.31 Å². The first-order chi connectivity index (χ1) is 12.7. The van der Waals surface area contributed by atoms with E-state index >= 15 is 0 Å². The molecule has 0 N–H and O–H groups in total. The standard InChI is InChI=1S/C18H20FNO6S/c1-20(2)27(22,23)17-10-12(5-7-16(17)25-4)18(21)26-11-13-9-14(19)6-8-15(13)24-3/h5-10H,11H2,1-4H3. The predicted molar refractivity (Wildman–Crippen MR) is 95.9 cm³/mol. The van der Waals surface area contributed by atoms with Crippen LogP contribution >= 0.6 is 0 Å². The van der Waals surface area contributed by atoms with Gasteiger partial charge in [0, 0.05) is 19.7 Å². The number of rotatable bonds is 7. The van der Waals surface area contributed by atoms with Crippen molar-refractivity contribution in [2.45, 2.75) is 11.5 Å². The summed E-state index contributed by atoms with van der Waals surface area (Å²) in [5, 5.41) is 0. The van der Waals surface area contributed by atoms with Crippen molar-refractivity contribution in [2.24, 2.45) is 0 Å². The first-order valence-corrected chi connectivity index (χ1v) is 9.24. The number of hydrogen-bond donors (Lipinski definition) is 0. The summed E-state index contributed by atoms with van der Waals surface area (Å²) in [6.45, 7) is -0.235. The summed E-state index contributed by atoms with van der Waals surface area (Å²) >= 11 is 0. The second-order valence-corrected chi connectivity index (χ2v) is 7.81. The van der Waals surface area contributed by atoms with Crippen LogP contribution < -0.4 is 9.47 Å². The molecule has 0 amide bonds. The van der Waals surface area contributed by atoms with Gasteiger partial charge in [0.05, 0.1) is 19.8 Å². The van der Waals surface area contributed by atoms with Crippen LogP contribution in [-0.2, 0) is 21.4 Å². The van der Waals surface area contributed by atoms with Gasteiger partial charge in [0.15, 0.2) is 0 Å². The van der Waals surface area contributed by atoms with Crippen molar-refractivity contribution in [2.75, 3.05) is 28.3 Å². The van der Waals surface area contributed by atoms with E-state index in [9.17, 15) is 17.6 Å². The van der Waals surface area contributed by atoms with Crippen LogP contribution in [0.3, 0.4) is 0 Å². The molecule has 0 fully saturated rings. The van der Waals surface area contributed by atoms with Gasteiger partial charge in [-0.15, -0.1) is 0 Å². The molecule has 0 bridgehead atoms. The second kappa shape index (κ2) is 8.36. The van der Waals surface area contributed by atoms with Gasteiger partial charge in [0.1, 0.15) is 28.8 Å². The van der Waals surface area contributed by atoms with Crippen LogP contribution in [0.1, 0.15) is 15.9 Å². The molecule has 7 nitrogen and oxygen atoms in total. The number of nitrogens with zero attached hydrogens (tertiary/aromatic N) is 1. The fraction of sp³-hybridized carbons (Fsp3) is 0.278. The Bertz CT molecular complexity index is 943. The van der Waals surface area contributed by atoms with Crippen LogP contribution in [0.4, 0.5) is 4.39 Å². The summed E-state index contributed by atoms with van der Waals surface area (Å²) in [4.78, 5) is 12.2. The zero-order chi connectivity index (χ0) is 20.2. The molecule has 2 aromatic carbocycles. The zero-order valence-corrected chi connectivity index (χ0v) is 16.2. The predicted octanol–water partition coefficient (Wildman–Crippen LogP) is 2.45. The number of ether oxygens (including phenoxy) is 3. The lowest BCUT2D eigenvalue weighted by atomic mass is 10.2. The van der Waals surface area contributed by atoms with Crippen LogP contribution in [0.2, 0.25) is 0 Å². The molecule has 2 aromatic rings. The van der Waals surface area contributed by atoms with Crippen LogP contribution in [0.15, 0.2) is 41.3 Å². The maximum atomic E-state index is 13.4. The number of benzene rings is 2. The zero-order valence-electron chi connectivity index (χ0n) is 15.4. The number of carbonyl (C=O) groups is 1. The lowest BCUT2D eigenvalue weighted by molar-refractivity contribution is 0.0469. The highest BCUT2D eigenvalue weighted by Crippen LogP contribution is 2.27. The fourth-order valence-electron chi connectivity index (χ4n) is 2.29. The molecule has 0 aliphatic rings. The van der Waals surface area contributed by atoms with Gasteiger partial charge in [-0.25, -0.2) is 21.9 Å². The molecule has 0 aliphatic carbocycles. The molecule has 0 radical (unpaired) electrons. The molecule has 9 heteroatoms. The number of halogens is 1. The Balaban J connectivity index is 2.29. The monoisotopic (exact) mass is 397 g/mol.